The van der Waals surface area contributed by atoms with E-state index in [2.05, 4.69) is 36.1 Å². The number of ether oxygens (including phenoxy) is 1. The molecule has 1 fully saturated rings. The molecule has 0 aliphatic heterocycles. The van der Waals surface area contributed by atoms with Crippen LogP contribution >= 0.6 is 0 Å². The van der Waals surface area contributed by atoms with Crippen LogP contribution in [0.1, 0.15) is 64.9 Å². The monoisotopic (exact) mass is 291 g/mol. The number of aromatic nitrogens is 2. The van der Waals surface area contributed by atoms with E-state index < -0.39 is 0 Å². The number of hydrogen-bond acceptors (Lipinski definition) is 4. The second kappa shape index (κ2) is 8.20. The molecule has 1 aromatic rings. The SMILES string of the molecule is CCCNc1ncnc(OC2CCCCC2C)c1CCC. The Morgan fingerprint density at radius 1 is 1.19 bits per heavy atom. The third kappa shape index (κ3) is 4.32. The van der Waals surface area contributed by atoms with Crippen molar-refractivity contribution in [2.75, 3.05) is 11.9 Å². The second-order valence-electron chi connectivity index (χ2n) is 6.10. The minimum Gasteiger partial charge on any atom is -0.474 e. The van der Waals surface area contributed by atoms with Gasteiger partial charge < -0.3 is 10.1 Å². The second-order valence-corrected chi connectivity index (χ2v) is 6.10. The molecule has 2 atom stereocenters. The van der Waals surface area contributed by atoms with E-state index in [1.165, 1.54) is 19.3 Å². The summed E-state index contributed by atoms with van der Waals surface area (Å²) in [5.74, 6) is 2.37. The van der Waals surface area contributed by atoms with E-state index in [1.807, 2.05) is 0 Å². The largest absolute Gasteiger partial charge is 0.474 e. The van der Waals surface area contributed by atoms with Crippen LogP contribution in [0.4, 0.5) is 5.82 Å². The minimum absolute atomic E-state index is 0.309. The molecule has 0 aromatic carbocycles. The van der Waals surface area contributed by atoms with Crippen LogP contribution in [0.5, 0.6) is 5.88 Å². The Labute approximate surface area is 128 Å². The van der Waals surface area contributed by atoms with Gasteiger partial charge in [0.05, 0.1) is 5.56 Å². The van der Waals surface area contributed by atoms with Crippen LogP contribution in [0.3, 0.4) is 0 Å². The molecule has 21 heavy (non-hydrogen) atoms. The first-order chi connectivity index (χ1) is 10.3. The van der Waals surface area contributed by atoms with Crippen LogP contribution in [0, 0.1) is 5.92 Å². The third-order valence-electron chi connectivity index (χ3n) is 4.24. The Morgan fingerprint density at radius 3 is 2.71 bits per heavy atom. The lowest BCUT2D eigenvalue weighted by Gasteiger charge is -2.29. The smallest absolute Gasteiger partial charge is 0.222 e. The summed E-state index contributed by atoms with van der Waals surface area (Å²) >= 11 is 0. The lowest BCUT2D eigenvalue weighted by Crippen LogP contribution is -2.29. The van der Waals surface area contributed by atoms with Gasteiger partial charge in [0, 0.05) is 6.54 Å². The molecule has 2 unspecified atom stereocenters. The molecule has 4 heteroatoms. The summed E-state index contributed by atoms with van der Waals surface area (Å²) in [5.41, 5.74) is 1.14. The highest BCUT2D eigenvalue weighted by Gasteiger charge is 2.25. The Hall–Kier alpha value is -1.32. The first-order valence-electron chi connectivity index (χ1n) is 8.50. The number of nitrogens with zero attached hydrogens (tertiary/aromatic N) is 2. The zero-order chi connectivity index (χ0) is 15.1. The molecular weight excluding hydrogens is 262 g/mol. The molecule has 1 aromatic heterocycles. The van der Waals surface area contributed by atoms with Crippen molar-refractivity contribution in [3.8, 4) is 5.88 Å². The van der Waals surface area contributed by atoms with Gasteiger partial charge in [-0.25, -0.2) is 9.97 Å². The van der Waals surface area contributed by atoms with Crippen molar-refractivity contribution in [3.05, 3.63) is 11.9 Å². The maximum atomic E-state index is 6.28. The first kappa shape index (κ1) is 16.1. The molecule has 0 bridgehead atoms. The topological polar surface area (TPSA) is 47.0 Å². The maximum absolute atomic E-state index is 6.28. The van der Waals surface area contributed by atoms with Crippen LogP contribution < -0.4 is 10.1 Å². The molecule has 1 saturated carbocycles. The Balaban J connectivity index is 2.16. The fraction of sp³-hybridized carbons (Fsp3) is 0.765. The molecule has 0 amide bonds. The lowest BCUT2D eigenvalue weighted by atomic mass is 9.88. The van der Waals surface area contributed by atoms with Gasteiger partial charge >= 0.3 is 0 Å². The lowest BCUT2D eigenvalue weighted by molar-refractivity contribution is 0.0963. The van der Waals surface area contributed by atoms with Gasteiger partial charge in [0.1, 0.15) is 18.2 Å². The predicted molar refractivity (Wildman–Crippen MR) is 86.9 cm³/mol. The van der Waals surface area contributed by atoms with E-state index in [4.69, 9.17) is 4.74 Å². The van der Waals surface area contributed by atoms with Gasteiger partial charge in [0.2, 0.25) is 5.88 Å². The van der Waals surface area contributed by atoms with Gasteiger partial charge in [0.25, 0.3) is 0 Å². The molecule has 2 rings (SSSR count). The zero-order valence-corrected chi connectivity index (χ0v) is 13.7. The summed E-state index contributed by atoms with van der Waals surface area (Å²) in [7, 11) is 0. The van der Waals surface area contributed by atoms with E-state index in [9.17, 15) is 0 Å². The van der Waals surface area contributed by atoms with E-state index in [1.54, 1.807) is 6.33 Å². The Morgan fingerprint density at radius 2 is 2.00 bits per heavy atom. The highest BCUT2D eigenvalue weighted by molar-refractivity contribution is 5.48. The van der Waals surface area contributed by atoms with Crippen LogP contribution in [-0.4, -0.2) is 22.6 Å². The summed E-state index contributed by atoms with van der Waals surface area (Å²) in [5, 5.41) is 3.41. The van der Waals surface area contributed by atoms with Gasteiger partial charge in [-0.3, -0.25) is 0 Å². The molecule has 118 valence electrons. The molecule has 1 N–H and O–H groups in total. The van der Waals surface area contributed by atoms with Crippen molar-refractivity contribution >= 4 is 5.82 Å². The summed E-state index contributed by atoms with van der Waals surface area (Å²) in [6, 6.07) is 0. The van der Waals surface area contributed by atoms with E-state index in [0.717, 1.165) is 49.5 Å². The van der Waals surface area contributed by atoms with Crippen LogP contribution in [0.15, 0.2) is 6.33 Å². The molecular formula is C17H29N3O. The van der Waals surface area contributed by atoms with Gasteiger partial charge in [-0.15, -0.1) is 0 Å². The molecule has 0 radical (unpaired) electrons. The maximum Gasteiger partial charge on any atom is 0.222 e. The Kier molecular flexibility index (Phi) is 6.27. The standard InChI is InChI=1S/C17H29N3O/c1-4-8-14-16(18-11-5-2)19-12-20-17(14)21-15-10-7-6-9-13(15)3/h12-13,15H,4-11H2,1-3H3,(H,18,19,20). The van der Waals surface area contributed by atoms with Crippen molar-refractivity contribution in [2.45, 2.75) is 71.8 Å². The van der Waals surface area contributed by atoms with Crippen molar-refractivity contribution in [3.63, 3.8) is 0 Å². The van der Waals surface area contributed by atoms with Crippen molar-refractivity contribution in [2.24, 2.45) is 5.92 Å². The summed E-state index contributed by atoms with van der Waals surface area (Å²) in [4.78, 5) is 8.83. The van der Waals surface area contributed by atoms with Gasteiger partial charge in [-0.2, -0.15) is 0 Å². The fourth-order valence-electron chi connectivity index (χ4n) is 2.97. The van der Waals surface area contributed by atoms with Crippen LogP contribution in [0.25, 0.3) is 0 Å². The fourth-order valence-corrected chi connectivity index (χ4v) is 2.97. The predicted octanol–water partition coefficient (Wildman–Crippen LogP) is 4.21. The van der Waals surface area contributed by atoms with E-state index in [-0.39, 0.29) is 0 Å². The van der Waals surface area contributed by atoms with Crippen molar-refractivity contribution in [1.29, 1.82) is 0 Å². The van der Waals surface area contributed by atoms with E-state index in [0.29, 0.717) is 12.0 Å². The summed E-state index contributed by atoms with van der Waals surface area (Å²) in [6.45, 7) is 7.58. The average Bonchev–Trinajstić information content (AvgIpc) is 2.50. The van der Waals surface area contributed by atoms with Crippen molar-refractivity contribution < 1.29 is 4.74 Å². The molecule has 4 nitrogen and oxygen atoms in total. The van der Waals surface area contributed by atoms with Crippen LogP contribution in [0.2, 0.25) is 0 Å². The number of nitrogens with one attached hydrogen (secondary N) is 1. The van der Waals surface area contributed by atoms with Gasteiger partial charge in [-0.1, -0.05) is 33.6 Å². The number of rotatable bonds is 7. The number of hydrogen-bond donors (Lipinski definition) is 1. The van der Waals surface area contributed by atoms with Gasteiger partial charge in [-0.05, 0) is 38.0 Å². The third-order valence-corrected chi connectivity index (χ3v) is 4.24. The van der Waals surface area contributed by atoms with Crippen molar-refractivity contribution in [1.82, 2.24) is 9.97 Å². The summed E-state index contributed by atoms with van der Waals surface area (Å²) in [6.07, 6.45) is 10.1. The van der Waals surface area contributed by atoms with Gasteiger partial charge in [0.15, 0.2) is 0 Å². The molecule has 1 aliphatic carbocycles. The normalized spacial score (nSPS) is 22.0. The molecule has 0 saturated heterocycles. The first-order valence-corrected chi connectivity index (χ1v) is 8.50. The highest BCUT2D eigenvalue weighted by Crippen LogP contribution is 2.30. The molecule has 1 heterocycles. The average molecular weight is 291 g/mol. The number of anilines is 1. The highest BCUT2D eigenvalue weighted by atomic mass is 16.5. The quantitative estimate of drug-likeness (QED) is 0.817. The Bertz CT molecular complexity index is 436. The zero-order valence-electron chi connectivity index (χ0n) is 13.7. The van der Waals surface area contributed by atoms with Crippen LogP contribution in [-0.2, 0) is 6.42 Å². The molecule has 0 spiro atoms. The minimum atomic E-state index is 0.309. The molecule has 1 aliphatic rings. The summed E-state index contributed by atoms with van der Waals surface area (Å²) < 4.78 is 6.28. The van der Waals surface area contributed by atoms with E-state index >= 15 is 0 Å².